The van der Waals surface area contributed by atoms with Crippen molar-refractivity contribution >= 4 is 0 Å². The summed E-state index contributed by atoms with van der Waals surface area (Å²) in [6, 6.07) is 2.17. The molecule has 3 nitrogen and oxygen atoms in total. The smallest absolute Gasteiger partial charge is 0.118 e. The highest BCUT2D eigenvalue weighted by Crippen LogP contribution is 2.27. The van der Waals surface area contributed by atoms with Crippen molar-refractivity contribution in [2.45, 2.75) is 39.3 Å². The highest BCUT2D eigenvalue weighted by molar-refractivity contribution is 5.12. The third kappa shape index (κ3) is 3.86. The SMILES string of the molecule is CCNCc1coc(CN(C)CC2CCC2)c1. The van der Waals surface area contributed by atoms with Crippen LogP contribution in [0.25, 0.3) is 0 Å². The van der Waals surface area contributed by atoms with Gasteiger partial charge < -0.3 is 9.73 Å². The predicted octanol–water partition coefficient (Wildman–Crippen LogP) is 2.62. The molecule has 0 saturated heterocycles. The van der Waals surface area contributed by atoms with Gasteiger partial charge in [-0.3, -0.25) is 4.90 Å². The van der Waals surface area contributed by atoms with Gasteiger partial charge in [-0.25, -0.2) is 0 Å². The zero-order valence-corrected chi connectivity index (χ0v) is 11.0. The van der Waals surface area contributed by atoms with Gasteiger partial charge in [-0.15, -0.1) is 0 Å². The highest BCUT2D eigenvalue weighted by Gasteiger charge is 2.19. The van der Waals surface area contributed by atoms with E-state index in [1.54, 1.807) is 0 Å². The molecule has 0 bridgehead atoms. The molecule has 96 valence electrons. The molecule has 1 N–H and O–H groups in total. The highest BCUT2D eigenvalue weighted by atomic mass is 16.3. The van der Waals surface area contributed by atoms with E-state index < -0.39 is 0 Å². The monoisotopic (exact) mass is 236 g/mol. The van der Waals surface area contributed by atoms with Gasteiger partial charge in [0.1, 0.15) is 5.76 Å². The first kappa shape index (κ1) is 12.7. The number of rotatable bonds is 7. The van der Waals surface area contributed by atoms with E-state index in [-0.39, 0.29) is 0 Å². The summed E-state index contributed by atoms with van der Waals surface area (Å²) in [4.78, 5) is 2.37. The number of furan rings is 1. The molecule has 1 aromatic rings. The molecule has 1 fully saturated rings. The van der Waals surface area contributed by atoms with Crippen molar-refractivity contribution < 1.29 is 4.42 Å². The van der Waals surface area contributed by atoms with Crippen molar-refractivity contribution in [2.24, 2.45) is 5.92 Å². The second-order valence-corrected chi connectivity index (χ2v) is 5.20. The Morgan fingerprint density at radius 2 is 2.29 bits per heavy atom. The zero-order valence-electron chi connectivity index (χ0n) is 11.0. The van der Waals surface area contributed by atoms with Crippen LogP contribution in [0.5, 0.6) is 0 Å². The van der Waals surface area contributed by atoms with E-state index in [1.807, 2.05) is 6.26 Å². The Kier molecular flexibility index (Phi) is 4.63. The van der Waals surface area contributed by atoms with Crippen LogP contribution in [0.15, 0.2) is 16.7 Å². The quantitative estimate of drug-likeness (QED) is 0.789. The number of hydrogen-bond acceptors (Lipinski definition) is 3. The Hall–Kier alpha value is -0.800. The molecule has 1 aliphatic rings. The van der Waals surface area contributed by atoms with Gasteiger partial charge in [0.05, 0.1) is 12.8 Å². The average molecular weight is 236 g/mol. The van der Waals surface area contributed by atoms with Crippen molar-refractivity contribution in [2.75, 3.05) is 20.1 Å². The fraction of sp³-hybridized carbons (Fsp3) is 0.714. The maximum Gasteiger partial charge on any atom is 0.118 e. The van der Waals surface area contributed by atoms with Gasteiger partial charge in [-0.1, -0.05) is 13.3 Å². The van der Waals surface area contributed by atoms with Crippen LogP contribution in [0.2, 0.25) is 0 Å². The van der Waals surface area contributed by atoms with Crippen molar-refractivity contribution in [3.63, 3.8) is 0 Å². The standard InChI is InChI=1S/C14H24N2O/c1-3-15-8-13-7-14(17-11-13)10-16(2)9-12-5-4-6-12/h7,11-12,15H,3-6,8-10H2,1-2H3. The Morgan fingerprint density at radius 1 is 1.47 bits per heavy atom. The van der Waals surface area contributed by atoms with Crippen molar-refractivity contribution in [3.05, 3.63) is 23.7 Å². The molecule has 0 atom stereocenters. The summed E-state index contributed by atoms with van der Waals surface area (Å²) in [6.45, 7) is 6.17. The van der Waals surface area contributed by atoms with Gasteiger partial charge in [0.15, 0.2) is 0 Å². The molecule has 0 aliphatic heterocycles. The summed E-state index contributed by atoms with van der Waals surface area (Å²) in [5.41, 5.74) is 1.25. The van der Waals surface area contributed by atoms with Crippen LogP contribution >= 0.6 is 0 Å². The molecule has 1 aliphatic carbocycles. The van der Waals surface area contributed by atoms with Crippen LogP contribution in [-0.2, 0) is 13.1 Å². The van der Waals surface area contributed by atoms with Crippen LogP contribution in [0.4, 0.5) is 0 Å². The number of hydrogen-bond donors (Lipinski definition) is 1. The maximum absolute atomic E-state index is 5.58. The second-order valence-electron chi connectivity index (χ2n) is 5.20. The van der Waals surface area contributed by atoms with Crippen LogP contribution in [0.1, 0.15) is 37.5 Å². The summed E-state index contributed by atoms with van der Waals surface area (Å²) in [7, 11) is 2.19. The molecular weight excluding hydrogens is 212 g/mol. The Bertz CT molecular complexity index is 331. The van der Waals surface area contributed by atoms with E-state index in [4.69, 9.17) is 4.42 Å². The van der Waals surface area contributed by atoms with E-state index in [1.165, 1.54) is 31.4 Å². The predicted molar refractivity (Wildman–Crippen MR) is 69.8 cm³/mol. The van der Waals surface area contributed by atoms with E-state index >= 15 is 0 Å². The van der Waals surface area contributed by atoms with Crippen LogP contribution in [0.3, 0.4) is 0 Å². The average Bonchev–Trinajstić information content (AvgIpc) is 2.68. The van der Waals surface area contributed by atoms with Gasteiger partial charge in [0, 0.05) is 18.7 Å². The molecule has 2 rings (SSSR count). The Morgan fingerprint density at radius 3 is 2.94 bits per heavy atom. The molecule has 1 saturated carbocycles. The van der Waals surface area contributed by atoms with Crippen molar-refractivity contribution in [1.82, 2.24) is 10.2 Å². The lowest BCUT2D eigenvalue weighted by Gasteiger charge is -2.29. The fourth-order valence-electron chi connectivity index (χ4n) is 2.32. The molecule has 0 spiro atoms. The first-order valence-electron chi connectivity index (χ1n) is 6.73. The minimum atomic E-state index is 0.909. The normalized spacial score (nSPS) is 16.4. The van der Waals surface area contributed by atoms with E-state index in [0.29, 0.717) is 0 Å². The van der Waals surface area contributed by atoms with E-state index in [9.17, 15) is 0 Å². The summed E-state index contributed by atoms with van der Waals surface area (Å²) in [5, 5.41) is 3.31. The molecule has 17 heavy (non-hydrogen) atoms. The van der Waals surface area contributed by atoms with E-state index in [0.717, 1.165) is 31.3 Å². The van der Waals surface area contributed by atoms with Crippen LogP contribution in [-0.4, -0.2) is 25.0 Å². The summed E-state index contributed by atoms with van der Waals surface area (Å²) < 4.78 is 5.58. The van der Waals surface area contributed by atoms with Crippen LogP contribution < -0.4 is 5.32 Å². The lowest BCUT2D eigenvalue weighted by molar-refractivity contribution is 0.191. The van der Waals surface area contributed by atoms with Gasteiger partial charge in [0.2, 0.25) is 0 Å². The third-order valence-corrected chi connectivity index (χ3v) is 3.51. The lowest BCUT2D eigenvalue weighted by Crippen LogP contribution is -2.28. The molecule has 0 amide bonds. The first-order valence-corrected chi connectivity index (χ1v) is 6.73. The first-order chi connectivity index (χ1) is 8.28. The Balaban J connectivity index is 1.74. The number of nitrogens with one attached hydrogen (secondary N) is 1. The van der Waals surface area contributed by atoms with Crippen molar-refractivity contribution in [3.8, 4) is 0 Å². The summed E-state index contributed by atoms with van der Waals surface area (Å²) >= 11 is 0. The second kappa shape index (κ2) is 6.22. The van der Waals surface area contributed by atoms with Gasteiger partial charge in [0.25, 0.3) is 0 Å². The van der Waals surface area contributed by atoms with Crippen LogP contribution in [0, 0.1) is 5.92 Å². The molecule has 0 unspecified atom stereocenters. The lowest BCUT2D eigenvalue weighted by atomic mass is 9.85. The van der Waals surface area contributed by atoms with Gasteiger partial charge in [-0.05, 0) is 38.4 Å². The largest absolute Gasteiger partial charge is 0.468 e. The Labute approximate surface area is 104 Å². The van der Waals surface area contributed by atoms with Crippen molar-refractivity contribution in [1.29, 1.82) is 0 Å². The maximum atomic E-state index is 5.58. The fourth-order valence-corrected chi connectivity index (χ4v) is 2.32. The van der Waals surface area contributed by atoms with Gasteiger partial charge >= 0.3 is 0 Å². The minimum absolute atomic E-state index is 0.909. The molecule has 0 radical (unpaired) electrons. The third-order valence-electron chi connectivity index (χ3n) is 3.51. The summed E-state index contributed by atoms with van der Waals surface area (Å²) in [6.07, 6.45) is 6.11. The van der Waals surface area contributed by atoms with E-state index in [2.05, 4.69) is 30.3 Å². The van der Waals surface area contributed by atoms with Gasteiger partial charge in [-0.2, -0.15) is 0 Å². The molecule has 0 aromatic carbocycles. The molecule has 3 heteroatoms. The number of nitrogens with zero attached hydrogens (tertiary/aromatic N) is 1. The molecular formula is C14H24N2O. The molecule has 1 aromatic heterocycles. The molecule has 1 heterocycles. The topological polar surface area (TPSA) is 28.4 Å². The summed E-state index contributed by atoms with van der Waals surface area (Å²) in [5.74, 6) is 2.01. The minimum Gasteiger partial charge on any atom is -0.468 e. The zero-order chi connectivity index (χ0) is 12.1.